The van der Waals surface area contributed by atoms with Crippen LogP contribution in [-0.2, 0) is 13.3 Å². The third-order valence-corrected chi connectivity index (χ3v) is 8.60. The third kappa shape index (κ3) is 4.58. The number of hydrogen-bond acceptors (Lipinski definition) is 3. The van der Waals surface area contributed by atoms with Gasteiger partial charge in [0, 0.05) is 30.4 Å². The molecule has 9 heteroatoms. The molecule has 0 radical (unpaired) electrons. The summed E-state index contributed by atoms with van der Waals surface area (Å²) >= 11 is 0. The topological polar surface area (TPSA) is 27.7 Å². The molecule has 1 aromatic rings. The summed E-state index contributed by atoms with van der Waals surface area (Å²) in [7, 11) is -1.78. The largest absolute Gasteiger partial charge is 0.504 e. The van der Waals surface area contributed by atoms with Crippen LogP contribution in [0.4, 0.5) is 22.0 Å². The van der Waals surface area contributed by atoms with E-state index in [1.807, 2.05) is 27.7 Å². The normalized spacial score (nSPS) is 21.0. The zero-order valence-corrected chi connectivity index (χ0v) is 17.8. The van der Waals surface area contributed by atoms with Crippen molar-refractivity contribution < 1.29 is 35.2 Å². The Labute approximate surface area is 163 Å². The second-order valence-corrected chi connectivity index (χ2v) is 10.6. The highest BCUT2D eigenvalue weighted by Crippen LogP contribution is 2.47. The first-order valence-corrected chi connectivity index (χ1v) is 11.3. The van der Waals surface area contributed by atoms with Gasteiger partial charge in [0.15, 0.2) is 23.3 Å². The van der Waals surface area contributed by atoms with Crippen molar-refractivity contribution >= 4 is 8.80 Å². The molecular formula is C19H27F5O3Si. The molecule has 1 saturated carbocycles. The molecule has 0 aliphatic heterocycles. The SMILES string of the molecule is CO[Si](OC(C)C)(OC(C)C)C1CCCC(c2c(F)c(F)c(F)c(F)c2F)C1. The molecule has 160 valence electrons. The van der Waals surface area contributed by atoms with Crippen LogP contribution in [0.2, 0.25) is 5.54 Å². The van der Waals surface area contributed by atoms with Gasteiger partial charge in [-0.25, -0.2) is 22.0 Å². The first-order valence-electron chi connectivity index (χ1n) is 9.46. The van der Waals surface area contributed by atoms with Crippen LogP contribution in [-0.4, -0.2) is 28.1 Å². The quantitative estimate of drug-likeness (QED) is 0.237. The molecule has 0 amide bonds. The smallest absolute Gasteiger partial charge is 0.377 e. The van der Waals surface area contributed by atoms with E-state index in [9.17, 15) is 22.0 Å². The molecule has 0 heterocycles. The first kappa shape index (κ1) is 23.2. The Morgan fingerprint density at radius 3 is 1.68 bits per heavy atom. The van der Waals surface area contributed by atoms with Crippen molar-refractivity contribution in [3.05, 3.63) is 34.6 Å². The maximum atomic E-state index is 14.3. The molecule has 0 aromatic heterocycles. The van der Waals surface area contributed by atoms with Crippen LogP contribution in [0.3, 0.4) is 0 Å². The molecule has 1 aliphatic carbocycles. The Kier molecular flexibility index (Phi) is 7.63. The fraction of sp³-hybridized carbons (Fsp3) is 0.684. The fourth-order valence-corrected chi connectivity index (χ4v) is 7.30. The highest BCUT2D eigenvalue weighted by Gasteiger charge is 2.52. The molecule has 0 bridgehead atoms. The van der Waals surface area contributed by atoms with Gasteiger partial charge in [-0.3, -0.25) is 0 Å². The molecule has 2 atom stereocenters. The van der Waals surface area contributed by atoms with E-state index in [4.69, 9.17) is 13.3 Å². The number of halogens is 5. The van der Waals surface area contributed by atoms with Gasteiger partial charge in [0.25, 0.3) is 0 Å². The Morgan fingerprint density at radius 1 is 0.786 bits per heavy atom. The highest BCUT2D eigenvalue weighted by molar-refractivity contribution is 6.62. The molecule has 1 aliphatic rings. The lowest BCUT2D eigenvalue weighted by atomic mass is 9.83. The minimum absolute atomic E-state index is 0.165. The van der Waals surface area contributed by atoms with E-state index in [-0.39, 0.29) is 24.2 Å². The van der Waals surface area contributed by atoms with Gasteiger partial charge in [-0.2, -0.15) is 0 Å². The Bertz CT molecular complexity index is 660. The first-order chi connectivity index (χ1) is 13.0. The second kappa shape index (κ2) is 9.19. The highest BCUT2D eigenvalue weighted by atomic mass is 28.4. The van der Waals surface area contributed by atoms with Gasteiger partial charge < -0.3 is 13.3 Å². The van der Waals surface area contributed by atoms with E-state index in [1.54, 1.807) is 0 Å². The van der Waals surface area contributed by atoms with Crippen LogP contribution in [0.1, 0.15) is 64.9 Å². The maximum absolute atomic E-state index is 14.3. The Morgan fingerprint density at radius 2 is 1.25 bits per heavy atom. The summed E-state index contributed by atoms with van der Waals surface area (Å²) in [5, 5.41) is 0. The van der Waals surface area contributed by atoms with Crippen molar-refractivity contribution in [1.29, 1.82) is 0 Å². The lowest BCUT2D eigenvalue weighted by Crippen LogP contribution is -2.53. The van der Waals surface area contributed by atoms with Gasteiger partial charge in [0.2, 0.25) is 5.82 Å². The summed E-state index contributed by atoms with van der Waals surface area (Å²) in [6.07, 6.45) is 1.23. The van der Waals surface area contributed by atoms with Gasteiger partial charge in [0.1, 0.15) is 0 Å². The van der Waals surface area contributed by atoms with E-state index in [1.165, 1.54) is 7.11 Å². The lowest BCUT2D eigenvalue weighted by molar-refractivity contribution is 0.0193. The van der Waals surface area contributed by atoms with E-state index >= 15 is 0 Å². The average Bonchev–Trinajstić information content (AvgIpc) is 2.64. The van der Waals surface area contributed by atoms with Gasteiger partial charge in [-0.05, 0) is 52.9 Å². The van der Waals surface area contributed by atoms with E-state index < -0.39 is 49.4 Å². The Hall–Kier alpha value is -1.03. The summed E-state index contributed by atoms with van der Waals surface area (Å²) in [4.78, 5) is 0. The van der Waals surface area contributed by atoms with E-state index in [2.05, 4.69) is 0 Å². The molecule has 0 N–H and O–H groups in total. The van der Waals surface area contributed by atoms with Crippen LogP contribution < -0.4 is 0 Å². The van der Waals surface area contributed by atoms with Crippen molar-refractivity contribution in [2.45, 2.75) is 77.0 Å². The molecule has 0 saturated heterocycles. The summed E-state index contributed by atoms with van der Waals surface area (Å²) in [5.74, 6) is -10.3. The van der Waals surface area contributed by atoms with Gasteiger partial charge in [-0.1, -0.05) is 6.42 Å². The van der Waals surface area contributed by atoms with Crippen molar-refractivity contribution in [2.24, 2.45) is 0 Å². The molecule has 1 fully saturated rings. The molecule has 28 heavy (non-hydrogen) atoms. The minimum Gasteiger partial charge on any atom is -0.377 e. The Balaban J connectivity index is 2.42. The predicted molar refractivity (Wildman–Crippen MR) is 96.4 cm³/mol. The molecule has 1 aromatic carbocycles. The fourth-order valence-electron chi connectivity index (χ4n) is 3.89. The molecule has 2 unspecified atom stereocenters. The monoisotopic (exact) mass is 426 g/mol. The molecule has 0 spiro atoms. The summed E-state index contributed by atoms with van der Waals surface area (Å²) in [6, 6.07) is 0. The maximum Gasteiger partial charge on any atom is 0.504 e. The average molecular weight is 426 g/mol. The van der Waals surface area contributed by atoms with Crippen LogP contribution in [0, 0.1) is 29.1 Å². The van der Waals surface area contributed by atoms with Crippen LogP contribution in [0.5, 0.6) is 0 Å². The van der Waals surface area contributed by atoms with Crippen molar-refractivity contribution in [1.82, 2.24) is 0 Å². The van der Waals surface area contributed by atoms with E-state index in [0.29, 0.717) is 19.3 Å². The van der Waals surface area contributed by atoms with Crippen LogP contribution in [0.15, 0.2) is 0 Å². The van der Waals surface area contributed by atoms with Crippen LogP contribution in [0.25, 0.3) is 0 Å². The summed E-state index contributed by atoms with van der Waals surface area (Å²) < 4.78 is 87.2. The number of rotatable bonds is 7. The molecular weight excluding hydrogens is 399 g/mol. The lowest BCUT2D eigenvalue weighted by Gasteiger charge is -2.41. The number of hydrogen-bond donors (Lipinski definition) is 0. The van der Waals surface area contributed by atoms with E-state index in [0.717, 1.165) is 0 Å². The molecule has 3 nitrogen and oxygen atoms in total. The second-order valence-electron chi connectivity index (χ2n) is 7.68. The van der Waals surface area contributed by atoms with Gasteiger partial charge >= 0.3 is 8.80 Å². The van der Waals surface area contributed by atoms with Crippen molar-refractivity contribution in [3.8, 4) is 0 Å². The van der Waals surface area contributed by atoms with Crippen molar-refractivity contribution in [3.63, 3.8) is 0 Å². The van der Waals surface area contributed by atoms with Gasteiger partial charge in [-0.15, -0.1) is 0 Å². The summed E-state index contributed by atoms with van der Waals surface area (Å²) in [5.41, 5.74) is -1.06. The number of benzene rings is 1. The minimum atomic E-state index is -3.25. The predicted octanol–water partition coefficient (Wildman–Crippen LogP) is 5.85. The molecule has 2 rings (SSSR count). The third-order valence-electron chi connectivity index (χ3n) is 4.91. The van der Waals surface area contributed by atoms with Crippen molar-refractivity contribution in [2.75, 3.05) is 7.11 Å². The standard InChI is InChI=1S/C19H27F5O3Si/c1-10(2)26-28(25-5,27-11(3)4)13-8-6-7-12(9-13)14-15(20)17(22)19(24)18(23)16(14)21/h10-13H,6-9H2,1-5H3. The zero-order chi connectivity index (χ0) is 21.2. The zero-order valence-electron chi connectivity index (χ0n) is 16.8. The van der Waals surface area contributed by atoms with Gasteiger partial charge in [0.05, 0.1) is 0 Å². The summed E-state index contributed by atoms with van der Waals surface area (Å²) in [6.45, 7) is 7.31. The van der Waals surface area contributed by atoms with Crippen LogP contribution >= 0.6 is 0 Å².